The average molecular weight is 450 g/mol. The first-order chi connectivity index (χ1) is 15.6. The van der Waals surface area contributed by atoms with E-state index in [-0.39, 0.29) is 11.7 Å². The van der Waals surface area contributed by atoms with E-state index < -0.39 is 0 Å². The van der Waals surface area contributed by atoms with Crippen LogP contribution < -0.4 is 4.74 Å². The van der Waals surface area contributed by atoms with Gasteiger partial charge in [0.25, 0.3) is 0 Å². The van der Waals surface area contributed by atoms with Crippen LogP contribution in [0.3, 0.4) is 0 Å². The first-order valence-electron chi connectivity index (χ1n) is 10.8. The minimum Gasteiger partial charge on any atom is -0.497 e. The van der Waals surface area contributed by atoms with E-state index in [0.717, 1.165) is 59.2 Å². The van der Waals surface area contributed by atoms with E-state index in [1.165, 1.54) is 12.2 Å². The van der Waals surface area contributed by atoms with Gasteiger partial charge in [-0.05, 0) is 68.1 Å². The van der Waals surface area contributed by atoms with Crippen LogP contribution in [0.25, 0.3) is 16.8 Å². The number of hydrogen-bond acceptors (Lipinski definition) is 4. The van der Waals surface area contributed by atoms with E-state index in [9.17, 15) is 4.39 Å². The number of ether oxygens (including phenoxy) is 1. The van der Waals surface area contributed by atoms with Gasteiger partial charge >= 0.3 is 0 Å². The normalized spacial score (nSPS) is 18.2. The highest BCUT2D eigenvalue weighted by Crippen LogP contribution is 2.36. The Hall–Kier alpha value is -2.83. The monoisotopic (exact) mass is 449 g/mol. The number of piperidine rings is 1. The molecule has 1 saturated heterocycles. The van der Waals surface area contributed by atoms with Gasteiger partial charge in [-0.2, -0.15) is 0 Å². The van der Waals surface area contributed by atoms with Gasteiger partial charge in [-0.3, -0.25) is 0 Å². The van der Waals surface area contributed by atoms with E-state index in [2.05, 4.69) is 33.6 Å². The van der Waals surface area contributed by atoms with Crippen LogP contribution in [0.1, 0.15) is 31.5 Å². The number of rotatable bonds is 7. The lowest BCUT2D eigenvalue weighted by molar-refractivity contribution is 0.335. The Balaban J connectivity index is 1.64. The number of benzene rings is 1. The Bertz CT molecular complexity index is 1170. The van der Waals surface area contributed by atoms with Crippen LogP contribution in [-0.2, 0) is 0 Å². The topological polar surface area (TPSA) is 29.8 Å². The van der Waals surface area contributed by atoms with Gasteiger partial charge < -0.3 is 9.14 Å². The van der Waals surface area contributed by atoms with E-state index in [1.54, 1.807) is 19.1 Å². The van der Waals surface area contributed by atoms with Crippen LogP contribution >= 0.6 is 11.9 Å². The summed E-state index contributed by atoms with van der Waals surface area (Å²) < 4.78 is 23.6. The van der Waals surface area contributed by atoms with Crippen molar-refractivity contribution in [1.29, 1.82) is 0 Å². The first kappa shape index (κ1) is 22.4. The molecule has 0 amide bonds. The molecule has 2 aromatic heterocycles. The van der Waals surface area contributed by atoms with Crippen molar-refractivity contribution in [3.63, 3.8) is 0 Å². The molecule has 0 bridgehead atoms. The lowest BCUT2D eigenvalue weighted by atomic mass is 9.99. The van der Waals surface area contributed by atoms with Crippen LogP contribution in [0.15, 0.2) is 84.2 Å². The molecule has 32 heavy (non-hydrogen) atoms. The maximum Gasteiger partial charge on any atom is 0.123 e. The molecule has 0 saturated carbocycles. The standard InChI is InChI=1S/C26H28FN3OS/c1-4-21(27)17-23(5-2)32-29-14-9-11-20(18-29)26-28-25(24-13-6-7-15-30(24)26)19-10-8-12-22(16-19)31-3/h4-8,10,12-13,15-17,20H,1,9,11,14,18H2,2-3H3/b21-17+,23-5+. The number of imidazole rings is 1. The summed E-state index contributed by atoms with van der Waals surface area (Å²) in [5, 5.41) is 0. The molecule has 1 fully saturated rings. The van der Waals surface area contributed by atoms with E-state index >= 15 is 0 Å². The van der Waals surface area contributed by atoms with Crippen molar-refractivity contribution >= 4 is 17.5 Å². The third kappa shape index (κ3) is 4.81. The Morgan fingerprint density at radius 1 is 1.28 bits per heavy atom. The van der Waals surface area contributed by atoms with Crippen LogP contribution in [-0.4, -0.2) is 33.9 Å². The molecule has 1 unspecified atom stereocenters. The summed E-state index contributed by atoms with van der Waals surface area (Å²) in [5.41, 5.74) is 3.10. The van der Waals surface area contributed by atoms with Crippen LogP contribution in [0.2, 0.25) is 0 Å². The molecule has 3 heterocycles. The number of nitrogens with zero attached hydrogens (tertiary/aromatic N) is 3. The minimum absolute atomic E-state index is 0.289. The maximum absolute atomic E-state index is 13.7. The molecule has 0 aliphatic carbocycles. The van der Waals surface area contributed by atoms with E-state index in [1.807, 2.05) is 43.3 Å². The van der Waals surface area contributed by atoms with Crippen molar-refractivity contribution in [3.8, 4) is 17.0 Å². The van der Waals surface area contributed by atoms with Gasteiger partial charge in [0.05, 0.1) is 18.3 Å². The zero-order chi connectivity index (χ0) is 22.5. The smallest absolute Gasteiger partial charge is 0.123 e. The van der Waals surface area contributed by atoms with Crippen LogP contribution in [0, 0.1) is 0 Å². The van der Waals surface area contributed by atoms with Gasteiger partial charge in [-0.25, -0.2) is 13.7 Å². The Kier molecular flexibility index (Phi) is 7.12. The Morgan fingerprint density at radius 2 is 2.16 bits per heavy atom. The molecule has 0 spiro atoms. The molecule has 0 radical (unpaired) electrons. The predicted molar refractivity (Wildman–Crippen MR) is 131 cm³/mol. The van der Waals surface area contributed by atoms with Gasteiger partial charge in [0, 0.05) is 35.7 Å². The van der Waals surface area contributed by atoms with Crippen LogP contribution in [0.5, 0.6) is 5.75 Å². The Morgan fingerprint density at radius 3 is 2.94 bits per heavy atom. The molecule has 166 valence electrons. The molecular formula is C26H28FN3OS. The third-order valence-corrected chi connectivity index (χ3v) is 6.82. The second-order valence-corrected chi connectivity index (χ2v) is 8.92. The number of halogens is 1. The molecule has 4 nitrogen and oxygen atoms in total. The summed E-state index contributed by atoms with van der Waals surface area (Å²) >= 11 is 1.60. The van der Waals surface area contributed by atoms with Gasteiger partial charge in [-0.1, -0.05) is 30.9 Å². The molecular weight excluding hydrogens is 421 g/mol. The molecule has 1 atom stereocenters. The number of methoxy groups -OCH3 is 1. The van der Waals surface area contributed by atoms with Gasteiger partial charge in [-0.15, -0.1) is 0 Å². The highest BCUT2D eigenvalue weighted by Gasteiger charge is 2.27. The summed E-state index contributed by atoms with van der Waals surface area (Å²) in [5.74, 6) is 1.86. The van der Waals surface area contributed by atoms with Gasteiger partial charge in [0.2, 0.25) is 0 Å². The van der Waals surface area contributed by atoms with Crippen LogP contribution in [0.4, 0.5) is 4.39 Å². The maximum atomic E-state index is 13.7. The minimum atomic E-state index is -0.318. The largest absolute Gasteiger partial charge is 0.497 e. The van der Waals surface area contributed by atoms with E-state index in [4.69, 9.17) is 9.72 Å². The Labute approximate surface area is 193 Å². The predicted octanol–water partition coefficient (Wildman–Crippen LogP) is 6.78. The molecule has 6 heteroatoms. The van der Waals surface area contributed by atoms with Crippen molar-refractivity contribution < 1.29 is 9.13 Å². The first-order valence-corrected chi connectivity index (χ1v) is 11.6. The number of pyridine rings is 1. The van der Waals surface area contributed by atoms with Crippen molar-refractivity contribution in [2.75, 3.05) is 20.2 Å². The number of fused-ring (bicyclic) bond motifs is 1. The fourth-order valence-corrected chi connectivity index (χ4v) is 5.12. The molecule has 0 N–H and O–H groups in total. The summed E-state index contributed by atoms with van der Waals surface area (Å²) in [6.45, 7) is 7.26. The quantitative estimate of drug-likeness (QED) is 0.294. The van der Waals surface area contributed by atoms with Gasteiger partial charge in [0.1, 0.15) is 17.4 Å². The van der Waals surface area contributed by atoms with E-state index in [0.29, 0.717) is 0 Å². The molecule has 1 aliphatic heterocycles. The van der Waals surface area contributed by atoms with Crippen molar-refractivity contribution in [2.45, 2.75) is 25.7 Å². The molecule has 3 aromatic rings. The summed E-state index contributed by atoms with van der Waals surface area (Å²) in [7, 11) is 1.68. The average Bonchev–Trinajstić information content (AvgIpc) is 3.23. The third-order valence-electron chi connectivity index (χ3n) is 5.66. The van der Waals surface area contributed by atoms with Crippen molar-refractivity contribution in [3.05, 3.63) is 90.0 Å². The molecule has 1 aliphatic rings. The lowest BCUT2D eigenvalue weighted by Crippen LogP contribution is -2.30. The number of hydrogen-bond donors (Lipinski definition) is 0. The molecule has 4 rings (SSSR count). The highest BCUT2D eigenvalue weighted by atomic mass is 32.2. The summed E-state index contributed by atoms with van der Waals surface area (Å²) in [6.07, 6.45) is 8.94. The van der Waals surface area contributed by atoms with Crippen molar-refractivity contribution in [2.24, 2.45) is 0 Å². The SMILES string of the molecule is C=C/C(F)=C\C(=C/C)SN1CCCC(c2nc(-c3cccc(OC)c3)c3ccccn23)C1. The second kappa shape index (κ2) is 10.2. The number of aromatic nitrogens is 2. The lowest BCUT2D eigenvalue weighted by Gasteiger charge is -2.31. The highest BCUT2D eigenvalue weighted by molar-refractivity contribution is 8.01. The van der Waals surface area contributed by atoms with Gasteiger partial charge in [0.15, 0.2) is 0 Å². The number of allylic oxidation sites excluding steroid dienone is 4. The summed E-state index contributed by atoms with van der Waals surface area (Å²) in [6, 6.07) is 14.2. The fourth-order valence-electron chi connectivity index (χ4n) is 4.07. The summed E-state index contributed by atoms with van der Waals surface area (Å²) in [4.78, 5) is 6.01. The zero-order valence-corrected chi connectivity index (χ0v) is 19.3. The fraction of sp³-hybridized carbons (Fsp3) is 0.269. The van der Waals surface area contributed by atoms with Crippen molar-refractivity contribution in [1.82, 2.24) is 13.7 Å². The zero-order valence-electron chi connectivity index (χ0n) is 18.5. The second-order valence-electron chi connectivity index (χ2n) is 7.75. The molecule has 1 aromatic carbocycles.